The highest BCUT2D eigenvalue weighted by Crippen LogP contribution is 2.47. The van der Waals surface area contributed by atoms with Crippen LogP contribution in [0, 0.1) is 6.92 Å². The van der Waals surface area contributed by atoms with Gasteiger partial charge in [-0.2, -0.15) is 0 Å². The molecular formula is C25H23NO2. The number of nitrogens with zero attached hydrogens (tertiary/aromatic N) is 1. The van der Waals surface area contributed by atoms with Gasteiger partial charge in [0.15, 0.2) is 0 Å². The molecule has 28 heavy (non-hydrogen) atoms. The molecule has 3 aromatic carbocycles. The van der Waals surface area contributed by atoms with Gasteiger partial charge in [-0.1, -0.05) is 42.5 Å². The van der Waals surface area contributed by atoms with Gasteiger partial charge in [-0.15, -0.1) is 0 Å². The molecule has 0 amide bonds. The van der Waals surface area contributed by atoms with Gasteiger partial charge in [-0.25, -0.2) is 0 Å². The lowest BCUT2D eigenvalue weighted by atomic mass is 9.97. The first-order chi connectivity index (χ1) is 13.8. The molecule has 0 radical (unpaired) electrons. The maximum Gasteiger partial charge on any atom is 0.209 e. The lowest BCUT2D eigenvalue weighted by Crippen LogP contribution is -2.16. The molecule has 0 N–H and O–H groups in total. The lowest BCUT2D eigenvalue weighted by Gasteiger charge is -2.29. The van der Waals surface area contributed by atoms with Crippen LogP contribution in [0.5, 0.6) is 5.75 Å². The first-order valence-electron chi connectivity index (χ1n) is 9.79. The minimum atomic E-state index is 0.849. The Morgan fingerprint density at radius 2 is 1.71 bits per heavy atom. The third-order valence-electron chi connectivity index (χ3n) is 5.56. The van der Waals surface area contributed by atoms with Crippen molar-refractivity contribution >= 4 is 28.2 Å². The van der Waals surface area contributed by atoms with Crippen molar-refractivity contribution in [3.63, 3.8) is 0 Å². The van der Waals surface area contributed by atoms with Crippen LogP contribution in [0.4, 0.5) is 17.3 Å². The van der Waals surface area contributed by atoms with Crippen molar-refractivity contribution in [2.24, 2.45) is 0 Å². The van der Waals surface area contributed by atoms with Crippen LogP contribution in [-0.4, -0.2) is 7.11 Å². The predicted octanol–water partition coefficient (Wildman–Crippen LogP) is 6.71. The molecule has 0 atom stereocenters. The van der Waals surface area contributed by atoms with Gasteiger partial charge in [-0.05, 0) is 61.6 Å². The first kappa shape index (κ1) is 16.9. The maximum atomic E-state index is 6.45. The van der Waals surface area contributed by atoms with E-state index in [0.717, 1.165) is 47.9 Å². The van der Waals surface area contributed by atoms with Crippen LogP contribution in [0.25, 0.3) is 11.0 Å². The number of aryl methyl sites for hydroxylation is 3. The van der Waals surface area contributed by atoms with E-state index in [1.165, 1.54) is 22.1 Å². The van der Waals surface area contributed by atoms with Gasteiger partial charge in [0.1, 0.15) is 11.3 Å². The summed E-state index contributed by atoms with van der Waals surface area (Å²) in [7, 11) is 1.73. The molecule has 0 aliphatic carbocycles. The number of anilines is 3. The third kappa shape index (κ3) is 2.66. The van der Waals surface area contributed by atoms with E-state index in [0.29, 0.717) is 0 Å². The Hall–Kier alpha value is -3.20. The summed E-state index contributed by atoms with van der Waals surface area (Å²) in [6.45, 7) is 2.08. The molecule has 1 aromatic heterocycles. The second-order valence-electron chi connectivity index (χ2n) is 7.37. The van der Waals surface area contributed by atoms with Crippen LogP contribution >= 0.6 is 0 Å². The van der Waals surface area contributed by atoms with Crippen LogP contribution in [-0.2, 0) is 12.8 Å². The normalized spacial score (nSPS) is 13.6. The van der Waals surface area contributed by atoms with Crippen molar-refractivity contribution in [2.75, 3.05) is 12.0 Å². The highest BCUT2D eigenvalue weighted by molar-refractivity contribution is 5.91. The van der Waals surface area contributed by atoms with E-state index in [4.69, 9.17) is 9.15 Å². The number of hydrogen-bond acceptors (Lipinski definition) is 3. The second-order valence-corrected chi connectivity index (χ2v) is 7.37. The van der Waals surface area contributed by atoms with Gasteiger partial charge in [0, 0.05) is 10.9 Å². The fourth-order valence-corrected chi connectivity index (χ4v) is 4.22. The molecule has 0 bridgehead atoms. The molecule has 1 aliphatic rings. The Morgan fingerprint density at radius 3 is 2.61 bits per heavy atom. The molecule has 0 spiro atoms. The van der Waals surface area contributed by atoms with E-state index in [1.807, 2.05) is 6.07 Å². The average Bonchev–Trinajstić information content (AvgIpc) is 3.06. The number of ether oxygens (including phenoxy) is 1. The zero-order chi connectivity index (χ0) is 19.1. The quantitative estimate of drug-likeness (QED) is 0.393. The topological polar surface area (TPSA) is 25.6 Å². The van der Waals surface area contributed by atoms with Crippen molar-refractivity contribution < 1.29 is 9.15 Å². The number of furan rings is 1. The minimum absolute atomic E-state index is 0.849. The zero-order valence-electron chi connectivity index (χ0n) is 16.2. The van der Waals surface area contributed by atoms with Crippen LogP contribution in [0.2, 0.25) is 0 Å². The molecule has 5 rings (SSSR count). The monoisotopic (exact) mass is 369 g/mol. The highest BCUT2D eigenvalue weighted by Gasteiger charge is 2.28. The standard InChI is InChI=1S/C25H23NO2/c1-17-14-15-22(24(16-17)27-2)26-21-12-5-3-8-18(21)9-7-11-20-19-10-4-6-13-23(19)28-25(20)26/h3-6,8,10,12-16H,7,9,11H2,1-2H3. The molecule has 0 fully saturated rings. The summed E-state index contributed by atoms with van der Waals surface area (Å²) in [4.78, 5) is 2.24. The minimum Gasteiger partial charge on any atom is -0.495 e. The van der Waals surface area contributed by atoms with E-state index in [2.05, 4.69) is 72.5 Å². The van der Waals surface area contributed by atoms with Crippen LogP contribution in [0.15, 0.2) is 71.1 Å². The van der Waals surface area contributed by atoms with E-state index >= 15 is 0 Å². The van der Waals surface area contributed by atoms with Gasteiger partial charge in [0.25, 0.3) is 0 Å². The number of hydrogen-bond donors (Lipinski definition) is 0. The maximum absolute atomic E-state index is 6.45. The molecule has 0 saturated carbocycles. The Morgan fingerprint density at radius 1 is 0.893 bits per heavy atom. The molecule has 0 saturated heterocycles. The van der Waals surface area contributed by atoms with Crippen LogP contribution < -0.4 is 9.64 Å². The van der Waals surface area contributed by atoms with Crippen molar-refractivity contribution in [1.29, 1.82) is 0 Å². The SMILES string of the molecule is COc1cc(C)ccc1N1c2ccccc2CCCc2c1oc1ccccc21. The zero-order valence-corrected chi connectivity index (χ0v) is 16.2. The van der Waals surface area contributed by atoms with Crippen molar-refractivity contribution in [3.8, 4) is 5.75 Å². The van der Waals surface area contributed by atoms with Gasteiger partial charge < -0.3 is 9.15 Å². The summed E-state index contributed by atoms with van der Waals surface area (Å²) in [6.07, 6.45) is 3.14. The van der Waals surface area contributed by atoms with Crippen molar-refractivity contribution in [3.05, 3.63) is 83.4 Å². The summed E-state index contributed by atoms with van der Waals surface area (Å²) in [5, 5.41) is 1.20. The van der Waals surface area contributed by atoms with Crippen molar-refractivity contribution in [1.82, 2.24) is 0 Å². The van der Waals surface area contributed by atoms with Crippen LogP contribution in [0.1, 0.15) is 23.1 Å². The molecule has 4 aromatic rings. The largest absolute Gasteiger partial charge is 0.495 e. The Balaban J connectivity index is 1.84. The van der Waals surface area contributed by atoms with Crippen molar-refractivity contribution in [2.45, 2.75) is 26.2 Å². The number of fused-ring (bicyclic) bond motifs is 4. The van der Waals surface area contributed by atoms with E-state index in [9.17, 15) is 0 Å². The molecule has 0 unspecified atom stereocenters. The molecule has 140 valence electrons. The number of rotatable bonds is 2. The molecular weight excluding hydrogens is 346 g/mol. The van der Waals surface area contributed by atoms with Crippen LogP contribution in [0.3, 0.4) is 0 Å². The number of methoxy groups -OCH3 is 1. The van der Waals surface area contributed by atoms with Gasteiger partial charge in [0.05, 0.1) is 18.5 Å². The number of benzene rings is 3. The average molecular weight is 369 g/mol. The van der Waals surface area contributed by atoms with E-state index in [1.54, 1.807) is 7.11 Å². The first-order valence-corrected chi connectivity index (χ1v) is 9.79. The van der Waals surface area contributed by atoms with E-state index in [-0.39, 0.29) is 0 Å². The van der Waals surface area contributed by atoms with Gasteiger partial charge in [0.2, 0.25) is 5.88 Å². The van der Waals surface area contributed by atoms with Gasteiger partial charge in [-0.3, -0.25) is 4.90 Å². The summed E-state index contributed by atoms with van der Waals surface area (Å²) >= 11 is 0. The predicted molar refractivity (Wildman–Crippen MR) is 114 cm³/mol. The third-order valence-corrected chi connectivity index (χ3v) is 5.56. The summed E-state index contributed by atoms with van der Waals surface area (Å²) in [5.41, 5.74) is 6.87. The molecule has 3 heteroatoms. The second kappa shape index (κ2) is 6.75. The molecule has 1 aliphatic heterocycles. The molecule has 2 heterocycles. The van der Waals surface area contributed by atoms with Gasteiger partial charge >= 0.3 is 0 Å². The smallest absolute Gasteiger partial charge is 0.209 e. The Labute approximate surface area is 165 Å². The fraction of sp³-hybridized carbons (Fsp3) is 0.200. The van der Waals surface area contributed by atoms with E-state index < -0.39 is 0 Å². The summed E-state index contributed by atoms with van der Waals surface area (Å²) < 4.78 is 12.2. The summed E-state index contributed by atoms with van der Waals surface area (Å²) in [6, 6.07) is 23.3. The Kier molecular flexibility index (Phi) is 4.09. The number of para-hydroxylation sites is 2. The highest BCUT2D eigenvalue weighted by atomic mass is 16.5. The fourth-order valence-electron chi connectivity index (χ4n) is 4.22. The molecule has 3 nitrogen and oxygen atoms in total. The lowest BCUT2D eigenvalue weighted by molar-refractivity contribution is 0.415. The Bertz CT molecular complexity index is 1160. The summed E-state index contributed by atoms with van der Waals surface area (Å²) in [5.74, 6) is 1.75.